The van der Waals surface area contributed by atoms with Crippen LogP contribution in [0.5, 0.6) is 5.75 Å². The molecule has 1 fully saturated rings. The van der Waals surface area contributed by atoms with Crippen molar-refractivity contribution in [3.63, 3.8) is 0 Å². The number of aliphatic hydroxyl groups excluding tert-OH is 1. The van der Waals surface area contributed by atoms with Gasteiger partial charge in [0.15, 0.2) is 0 Å². The highest BCUT2D eigenvalue weighted by atomic mass is 79.9. The summed E-state index contributed by atoms with van der Waals surface area (Å²) in [5.74, 6) is 0.779. The Bertz CT molecular complexity index is 432. The van der Waals surface area contributed by atoms with Crippen molar-refractivity contribution in [2.75, 3.05) is 33.8 Å². The van der Waals surface area contributed by atoms with Crippen LogP contribution in [0.15, 0.2) is 28.7 Å². The van der Waals surface area contributed by atoms with Gasteiger partial charge in [0.1, 0.15) is 18.5 Å². The van der Waals surface area contributed by atoms with Crippen molar-refractivity contribution < 1.29 is 9.84 Å². The van der Waals surface area contributed by atoms with Gasteiger partial charge in [-0.25, -0.2) is 0 Å². The summed E-state index contributed by atoms with van der Waals surface area (Å²) >= 11 is 3.38. The minimum absolute atomic E-state index is 0.284. The first kappa shape index (κ1) is 16.7. The molecule has 0 amide bonds. The third kappa shape index (κ3) is 4.68. The van der Waals surface area contributed by atoms with Gasteiger partial charge in [-0.3, -0.25) is 0 Å². The van der Waals surface area contributed by atoms with E-state index in [9.17, 15) is 5.11 Å². The first-order chi connectivity index (χ1) is 10.0. The number of halogens is 1. The van der Waals surface area contributed by atoms with E-state index in [1.165, 1.54) is 19.3 Å². The number of hydrogen-bond donors (Lipinski definition) is 2. The van der Waals surface area contributed by atoms with Gasteiger partial charge in [-0.1, -0.05) is 15.9 Å². The Morgan fingerprint density at radius 3 is 2.52 bits per heavy atom. The molecule has 4 nitrogen and oxygen atoms in total. The number of ether oxygens (including phenoxy) is 1. The van der Waals surface area contributed by atoms with Gasteiger partial charge in [-0.05, 0) is 57.6 Å². The molecule has 21 heavy (non-hydrogen) atoms. The fourth-order valence-electron chi connectivity index (χ4n) is 2.62. The molecule has 0 radical (unpaired) electrons. The Hall–Kier alpha value is -0.620. The number of hydrogen-bond acceptors (Lipinski definition) is 4. The first-order valence-electron chi connectivity index (χ1n) is 7.46. The quantitative estimate of drug-likeness (QED) is 0.749. The maximum absolute atomic E-state index is 9.98. The number of nitrogens with one attached hydrogen (secondary N) is 1. The molecule has 1 aromatic carbocycles. The van der Waals surface area contributed by atoms with Crippen LogP contribution in [0, 0.1) is 0 Å². The summed E-state index contributed by atoms with van der Waals surface area (Å²) in [6, 6.07) is 7.63. The van der Waals surface area contributed by atoms with E-state index in [0.717, 1.165) is 16.8 Å². The Morgan fingerprint density at radius 2 is 2.00 bits per heavy atom. The monoisotopic (exact) mass is 356 g/mol. The van der Waals surface area contributed by atoms with E-state index in [-0.39, 0.29) is 5.54 Å². The van der Waals surface area contributed by atoms with E-state index in [2.05, 4.69) is 40.2 Å². The first-order valence-corrected chi connectivity index (χ1v) is 8.26. The van der Waals surface area contributed by atoms with E-state index in [1.54, 1.807) is 0 Å². The van der Waals surface area contributed by atoms with Crippen LogP contribution < -0.4 is 10.1 Å². The lowest BCUT2D eigenvalue weighted by molar-refractivity contribution is 0.0512. The summed E-state index contributed by atoms with van der Waals surface area (Å²) in [6.07, 6.45) is 3.28. The molecule has 2 N–H and O–H groups in total. The van der Waals surface area contributed by atoms with Crippen LogP contribution >= 0.6 is 15.9 Å². The third-order valence-corrected chi connectivity index (χ3v) is 4.85. The van der Waals surface area contributed by atoms with E-state index in [1.807, 2.05) is 24.3 Å². The highest BCUT2D eigenvalue weighted by molar-refractivity contribution is 9.10. The highest BCUT2D eigenvalue weighted by Crippen LogP contribution is 2.35. The van der Waals surface area contributed by atoms with Gasteiger partial charge < -0.3 is 20.1 Å². The second-order valence-electron chi connectivity index (χ2n) is 6.02. The maximum Gasteiger partial charge on any atom is 0.119 e. The summed E-state index contributed by atoms with van der Waals surface area (Å²) in [4.78, 5) is 2.30. The van der Waals surface area contributed by atoms with Gasteiger partial charge in [-0.2, -0.15) is 0 Å². The molecule has 5 heteroatoms. The second kappa shape index (κ2) is 7.58. The summed E-state index contributed by atoms with van der Waals surface area (Å²) in [5, 5.41) is 13.4. The van der Waals surface area contributed by atoms with Crippen LogP contribution in [0.1, 0.15) is 19.3 Å². The zero-order valence-electron chi connectivity index (χ0n) is 12.8. The summed E-state index contributed by atoms with van der Waals surface area (Å²) in [6.45, 7) is 1.80. The molecule has 1 unspecified atom stereocenters. The molecular formula is C16H25BrN2O2. The van der Waals surface area contributed by atoms with Gasteiger partial charge in [0.25, 0.3) is 0 Å². The van der Waals surface area contributed by atoms with Crippen molar-refractivity contribution in [1.29, 1.82) is 0 Å². The molecule has 1 aliphatic carbocycles. The van der Waals surface area contributed by atoms with Crippen molar-refractivity contribution in [1.82, 2.24) is 10.2 Å². The SMILES string of the molecule is CN(C)C1(CNCC(O)COc2ccc(Br)cc2)CCC1. The highest BCUT2D eigenvalue weighted by Gasteiger charge is 2.38. The molecule has 2 rings (SSSR count). The third-order valence-electron chi connectivity index (χ3n) is 4.32. The molecule has 1 saturated carbocycles. The molecule has 0 aliphatic heterocycles. The van der Waals surface area contributed by atoms with Crippen molar-refractivity contribution in [3.05, 3.63) is 28.7 Å². The van der Waals surface area contributed by atoms with Crippen LogP contribution in [0.25, 0.3) is 0 Å². The van der Waals surface area contributed by atoms with Crippen LogP contribution in [-0.4, -0.2) is 55.4 Å². The second-order valence-corrected chi connectivity index (χ2v) is 6.94. The normalized spacial score (nSPS) is 18.3. The Labute approximate surface area is 135 Å². The Kier molecular flexibility index (Phi) is 6.05. The fourth-order valence-corrected chi connectivity index (χ4v) is 2.88. The zero-order chi connectivity index (χ0) is 15.3. The number of aliphatic hydroxyl groups is 1. The summed E-state index contributed by atoms with van der Waals surface area (Å²) in [5.41, 5.74) is 0.284. The molecule has 0 bridgehead atoms. The topological polar surface area (TPSA) is 44.7 Å². The molecule has 1 aliphatic rings. The minimum atomic E-state index is -0.493. The van der Waals surface area contributed by atoms with Crippen molar-refractivity contribution >= 4 is 15.9 Å². The van der Waals surface area contributed by atoms with Gasteiger partial charge in [0.2, 0.25) is 0 Å². The largest absolute Gasteiger partial charge is 0.491 e. The van der Waals surface area contributed by atoms with E-state index < -0.39 is 6.10 Å². The van der Waals surface area contributed by atoms with E-state index in [0.29, 0.717) is 13.2 Å². The number of rotatable bonds is 8. The molecule has 0 spiro atoms. The van der Waals surface area contributed by atoms with E-state index in [4.69, 9.17) is 4.74 Å². The molecule has 118 valence electrons. The van der Waals surface area contributed by atoms with Gasteiger partial charge in [-0.15, -0.1) is 0 Å². The zero-order valence-corrected chi connectivity index (χ0v) is 14.4. The number of benzene rings is 1. The van der Waals surface area contributed by atoms with E-state index >= 15 is 0 Å². The molecule has 0 heterocycles. The fraction of sp³-hybridized carbons (Fsp3) is 0.625. The lowest BCUT2D eigenvalue weighted by atomic mass is 9.75. The smallest absolute Gasteiger partial charge is 0.119 e. The Morgan fingerprint density at radius 1 is 1.33 bits per heavy atom. The van der Waals surface area contributed by atoms with Gasteiger partial charge in [0, 0.05) is 23.1 Å². The van der Waals surface area contributed by atoms with Crippen LogP contribution in [-0.2, 0) is 0 Å². The maximum atomic E-state index is 9.98. The predicted molar refractivity (Wildman–Crippen MR) is 88.8 cm³/mol. The summed E-state index contributed by atoms with van der Waals surface area (Å²) in [7, 11) is 4.27. The van der Waals surface area contributed by atoms with Crippen LogP contribution in [0.4, 0.5) is 0 Å². The van der Waals surface area contributed by atoms with Crippen LogP contribution in [0.2, 0.25) is 0 Å². The lowest BCUT2D eigenvalue weighted by Crippen LogP contribution is -2.57. The average Bonchev–Trinajstić information content (AvgIpc) is 2.40. The molecule has 1 atom stereocenters. The predicted octanol–water partition coefficient (Wildman–Crippen LogP) is 2.26. The molecule has 0 aromatic heterocycles. The Balaban J connectivity index is 1.65. The molecule has 0 saturated heterocycles. The minimum Gasteiger partial charge on any atom is -0.491 e. The molecule has 1 aromatic rings. The van der Waals surface area contributed by atoms with Crippen molar-refractivity contribution in [2.24, 2.45) is 0 Å². The van der Waals surface area contributed by atoms with Crippen LogP contribution in [0.3, 0.4) is 0 Å². The van der Waals surface area contributed by atoms with Crippen molar-refractivity contribution in [2.45, 2.75) is 30.9 Å². The standard InChI is InChI=1S/C16H25BrN2O2/c1-19(2)16(8-3-9-16)12-18-10-14(20)11-21-15-6-4-13(17)5-7-15/h4-7,14,18,20H,3,8-12H2,1-2H3. The molecular weight excluding hydrogens is 332 g/mol. The van der Waals surface area contributed by atoms with Crippen molar-refractivity contribution in [3.8, 4) is 5.75 Å². The van der Waals surface area contributed by atoms with Gasteiger partial charge >= 0.3 is 0 Å². The lowest BCUT2D eigenvalue weighted by Gasteiger charge is -2.47. The summed E-state index contributed by atoms with van der Waals surface area (Å²) < 4.78 is 6.59. The van der Waals surface area contributed by atoms with Gasteiger partial charge in [0.05, 0.1) is 0 Å². The number of likely N-dealkylation sites (N-methyl/N-ethyl adjacent to an activating group) is 1. The average molecular weight is 357 g/mol. The number of nitrogens with zero attached hydrogens (tertiary/aromatic N) is 1.